The number of nitrogens with one attached hydrogen (secondary N) is 1. The number of amides is 2. The Kier molecular flexibility index (Phi) is 6.13. The molecule has 0 aromatic carbocycles. The van der Waals surface area contributed by atoms with Crippen LogP contribution in [0.15, 0.2) is 0 Å². The lowest BCUT2D eigenvalue weighted by Gasteiger charge is -2.29. The number of alkyl halides is 1. The number of likely N-dealkylation sites (tertiary alicyclic amines) is 1. The second kappa shape index (κ2) is 7.13. The van der Waals surface area contributed by atoms with Gasteiger partial charge in [-0.2, -0.15) is 0 Å². The molecule has 7 heteroatoms. The molecule has 3 atom stereocenters. The van der Waals surface area contributed by atoms with Crippen molar-refractivity contribution in [3.05, 3.63) is 0 Å². The molecule has 0 bridgehead atoms. The minimum Gasteiger partial charge on any atom is -0.453 e. The zero-order valence-corrected chi connectivity index (χ0v) is 13.0. The van der Waals surface area contributed by atoms with E-state index in [9.17, 15) is 9.59 Å². The summed E-state index contributed by atoms with van der Waals surface area (Å²) in [7, 11) is 2.78. The van der Waals surface area contributed by atoms with Crippen molar-refractivity contribution in [2.45, 2.75) is 36.0 Å². The van der Waals surface area contributed by atoms with Crippen LogP contribution < -0.4 is 5.32 Å². The fraction of sp³-hybridized carbons (Fsp3) is 0.818. The topological polar surface area (TPSA) is 67.9 Å². The highest BCUT2D eigenvalue weighted by molar-refractivity contribution is 14.1. The van der Waals surface area contributed by atoms with Gasteiger partial charge in [-0.3, -0.25) is 4.79 Å². The second-order valence-corrected chi connectivity index (χ2v) is 5.60. The van der Waals surface area contributed by atoms with Gasteiger partial charge in [0.2, 0.25) is 5.91 Å². The molecule has 104 valence electrons. The zero-order valence-electron chi connectivity index (χ0n) is 10.8. The van der Waals surface area contributed by atoms with Gasteiger partial charge in [0.15, 0.2) is 0 Å². The van der Waals surface area contributed by atoms with E-state index in [0.717, 1.165) is 19.4 Å². The van der Waals surface area contributed by atoms with Gasteiger partial charge in [0, 0.05) is 13.7 Å². The van der Waals surface area contributed by atoms with Crippen LogP contribution in [0.2, 0.25) is 0 Å². The van der Waals surface area contributed by atoms with Crippen molar-refractivity contribution in [1.82, 2.24) is 10.2 Å². The van der Waals surface area contributed by atoms with Crippen molar-refractivity contribution >= 4 is 34.6 Å². The summed E-state index contributed by atoms with van der Waals surface area (Å²) in [6, 6.07) is -0.710. The van der Waals surface area contributed by atoms with Crippen molar-refractivity contribution in [2.24, 2.45) is 0 Å². The van der Waals surface area contributed by atoms with Gasteiger partial charge in [-0.15, -0.1) is 0 Å². The molecule has 2 amide bonds. The van der Waals surface area contributed by atoms with Crippen LogP contribution in [0.3, 0.4) is 0 Å². The van der Waals surface area contributed by atoms with Gasteiger partial charge in [0.25, 0.3) is 0 Å². The zero-order chi connectivity index (χ0) is 13.7. The molecule has 1 fully saturated rings. The van der Waals surface area contributed by atoms with Crippen LogP contribution in [0.1, 0.15) is 19.8 Å². The average Bonchev–Trinajstić information content (AvgIpc) is 2.80. The quantitative estimate of drug-likeness (QED) is 0.458. The highest BCUT2D eigenvalue weighted by Gasteiger charge is 2.35. The molecule has 1 N–H and O–H groups in total. The fourth-order valence-electron chi connectivity index (χ4n) is 1.85. The number of hydrogen-bond acceptors (Lipinski definition) is 4. The van der Waals surface area contributed by atoms with E-state index in [0.29, 0.717) is 0 Å². The molecule has 1 saturated heterocycles. The number of ether oxygens (including phenoxy) is 2. The minimum absolute atomic E-state index is 0.119. The van der Waals surface area contributed by atoms with Crippen LogP contribution >= 0.6 is 22.6 Å². The number of carbonyl (C=O) groups is 2. The number of hydrogen-bond donors (Lipinski definition) is 1. The van der Waals surface area contributed by atoms with E-state index in [1.165, 1.54) is 14.2 Å². The van der Waals surface area contributed by atoms with E-state index in [1.54, 1.807) is 11.8 Å². The van der Waals surface area contributed by atoms with Crippen molar-refractivity contribution in [1.29, 1.82) is 0 Å². The molecule has 0 aromatic rings. The second-order valence-electron chi connectivity index (χ2n) is 4.16. The maximum absolute atomic E-state index is 12.4. The summed E-state index contributed by atoms with van der Waals surface area (Å²) < 4.78 is 9.87. The average molecular weight is 370 g/mol. The van der Waals surface area contributed by atoms with E-state index >= 15 is 0 Å². The summed E-state index contributed by atoms with van der Waals surface area (Å²) >= 11 is 2.24. The monoisotopic (exact) mass is 370 g/mol. The Hall–Kier alpha value is -0.570. The number of nitrogens with zero attached hydrogens (tertiary/aromatic N) is 1. The first-order chi connectivity index (χ1) is 8.51. The van der Waals surface area contributed by atoms with Crippen LogP contribution in [-0.2, 0) is 14.3 Å². The van der Waals surface area contributed by atoms with Crippen LogP contribution in [0.5, 0.6) is 0 Å². The summed E-state index contributed by atoms with van der Waals surface area (Å²) in [5, 5.41) is 2.53. The minimum atomic E-state index is -0.710. The van der Waals surface area contributed by atoms with Gasteiger partial charge in [-0.1, -0.05) is 22.6 Å². The van der Waals surface area contributed by atoms with Gasteiger partial charge in [-0.05, 0) is 19.8 Å². The SMILES string of the molecule is COC(=O)N[C@H](C(=O)N1CCC[C@H]1I)[C@@H](C)OC. The Morgan fingerprint density at radius 2 is 2.11 bits per heavy atom. The molecule has 0 saturated carbocycles. The van der Waals surface area contributed by atoms with E-state index in [2.05, 4.69) is 32.6 Å². The molecule has 0 aromatic heterocycles. The number of alkyl carbamates (subject to hydrolysis) is 1. The molecule has 18 heavy (non-hydrogen) atoms. The lowest BCUT2D eigenvalue weighted by atomic mass is 10.1. The molecule has 0 aliphatic carbocycles. The summed E-state index contributed by atoms with van der Waals surface area (Å²) in [6.07, 6.45) is 0.951. The maximum atomic E-state index is 12.4. The smallest absolute Gasteiger partial charge is 0.407 e. The fourth-order valence-corrected chi connectivity index (χ4v) is 2.85. The number of rotatable bonds is 4. The lowest BCUT2D eigenvalue weighted by molar-refractivity contribution is -0.135. The largest absolute Gasteiger partial charge is 0.453 e. The number of methoxy groups -OCH3 is 2. The van der Waals surface area contributed by atoms with E-state index in [4.69, 9.17) is 4.74 Å². The molecule has 6 nitrogen and oxygen atoms in total. The van der Waals surface area contributed by atoms with Crippen LogP contribution in [0.25, 0.3) is 0 Å². The Morgan fingerprint density at radius 3 is 2.56 bits per heavy atom. The van der Waals surface area contributed by atoms with Crippen molar-refractivity contribution in [2.75, 3.05) is 20.8 Å². The van der Waals surface area contributed by atoms with Crippen molar-refractivity contribution < 1.29 is 19.1 Å². The summed E-state index contributed by atoms with van der Waals surface area (Å²) in [5.74, 6) is -0.119. The number of carbonyl (C=O) groups excluding carboxylic acids is 2. The third-order valence-electron chi connectivity index (χ3n) is 3.03. The Bertz CT molecular complexity index is 313. The Morgan fingerprint density at radius 1 is 1.44 bits per heavy atom. The van der Waals surface area contributed by atoms with Crippen LogP contribution in [-0.4, -0.2) is 53.9 Å². The van der Waals surface area contributed by atoms with Crippen LogP contribution in [0, 0.1) is 0 Å². The first-order valence-corrected chi connectivity index (χ1v) is 7.07. The lowest BCUT2D eigenvalue weighted by Crippen LogP contribution is -2.54. The van der Waals surface area contributed by atoms with E-state index in [1.807, 2.05) is 0 Å². The molecular weight excluding hydrogens is 351 g/mol. The molecule has 1 aliphatic heterocycles. The van der Waals surface area contributed by atoms with E-state index in [-0.39, 0.29) is 9.96 Å². The Labute approximate surface area is 121 Å². The third-order valence-corrected chi connectivity index (χ3v) is 4.32. The summed E-state index contributed by atoms with van der Waals surface area (Å²) in [5.41, 5.74) is 0. The highest BCUT2D eigenvalue weighted by Crippen LogP contribution is 2.24. The van der Waals surface area contributed by atoms with Gasteiger partial charge >= 0.3 is 6.09 Å². The van der Waals surface area contributed by atoms with E-state index < -0.39 is 18.2 Å². The standard InChI is InChI=1S/C11H19IN2O4/c1-7(17-2)9(13-11(16)18-3)10(15)14-6-4-5-8(14)12/h7-9H,4-6H2,1-3H3,(H,13,16)/t7-,8+,9+/m1/s1. The molecule has 0 spiro atoms. The first kappa shape index (κ1) is 15.5. The first-order valence-electron chi connectivity index (χ1n) is 5.83. The molecule has 0 unspecified atom stereocenters. The predicted molar refractivity (Wildman–Crippen MR) is 74.6 cm³/mol. The highest BCUT2D eigenvalue weighted by atomic mass is 127. The molecule has 1 heterocycles. The van der Waals surface area contributed by atoms with Gasteiger partial charge in [-0.25, -0.2) is 4.79 Å². The predicted octanol–water partition coefficient (Wildman–Crippen LogP) is 1.13. The normalized spacial score (nSPS) is 22.4. The van der Waals surface area contributed by atoms with Gasteiger partial charge in [0.1, 0.15) is 6.04 Å². The Balaban J connectivity index is 2.75. The van der Waals surface area contributed by atoms with Crippen molar-refractivity contribution in [3.8, 4) is 0 Å². The number of halogens is 1. The summed E-state index contributed by atoms with van der Waals surface area (Å²) in [6.45, 7) is 2.47. The maximum Gasteiger partial charge on any atom is 0.407 e. The molecular formula is C11H19IN2O4. The molecule has 0 radical (unpaired) electrons. The summed E-state index contributed by atoms with van der Waals surface area (Å²) in [4.78, 5) is 25.4. The molecule has 1 aliphatic rings. The van der Waals surface area contributed by atoms with Gasteiger partial charge < -0.3 is 19.7 Å². The van der Waals surface area contributed by atoms with Gasteiger partial charge in [0.05, 0.1) is 17.3 Å². The van der Waals surface area contributed by atoms with Crippen molar-refractivity contribution in [3.63, 3.8) is 0 Å². The third kappa shape index (κ3) is 3.71. The van der Waals surface area contributed by atoms with Crippen LogP contribution in [0.4, 0.5) is 4.79 Å². The molecule has 1 rings (SSSR count).